The molecule has 0 radical (unpaired) electrons. The van der Waals surface area contributed by atoms with Crippen molar-refractivity contribution >= 4 is 16.6 Å². The summed E-state index contributed by atoms with van der Waals surface area (Å²) in [5.41, 5.74) is 0.930. The maximum Gasteiger partial charge on any atom is 0.193 e. The van der Waals surface area contributed by atoms with Crippen LogP contribution in [0.15, 0.2) is 12.2 Å². The van der Waals surface area contributed by atoms with E-state index in [1.165, 1.54) is 5.57 Å². The number of aliphatic hydroxyl groups excluding tert-OH is 1. The highest BCUT2D eigenvalue weighted by molar-refractivity contribution is 6.74. The Balaban J connectivity index is 3.29. The highest BCUT2D eigenvalue weighted by Crippen LogP contribution is 2.61. The maximum atomic E-state index is 9.39. The Morgan fingerprint density at radius 2 is 1.59 bits per heavy atom. The second-order valence-corrected chi connectivity index (χ2v) is 20.5. The average molecular weight is 443 g/mol. The van der Waals surface area contributed by atoms with Gasteiger partial charge in [-0.3, -0.25) is 0 Å². The summed E-state index contributed by atoms with van der Waals surface area (Å²) in [6.45, 7) is 26.2. The van der Waals surface area contributed by atoms with Gasteiger partial charge in [0.1, 0.15) is 0 Å². The van der Waals surface area contributed by atoms with Crippen LogP contribution in [0, 0.1) is 5.41 Å². The van der Waals surface area contributed by atoms with Crippen molar-refractivity contribution in [3.63, 3.8) is 0 Å². The molecule has 0 spiro atoms. The molecular weight excluding hydrogens is 392 g/mol. The highest BCUT2D eigenvalue weighted by Gasteiger charge is 2.62. The molecule has 29 heavy (non-hydrogen) atoms. The molecule has 0 unspecified atom stereocenters. The van der Waals surface area contributed by atoms with Crippen LogP contribution in [0.2, 0.25) is 36.3 Å². The molecule has 0 aliphatic heterocycles. The monoisotopic (exact) mass is 442 g/mol. The molecule has 1 rings (SSSR count). The van der Waals surface area contributed by atoms with Gasteiger partial charge in [-0.15, -0.1) is 0 Å². The average Bonchev–Trinajstić information content (AvgIpc) is 2.64. The summed E-state index contributed by atoms with van der Waals surface area (Å²) in [5.74, 6) is 0. The van der Waals surface area contributed by atoms with Gasteiger partial charge in [0.05, 0.1) is 5.60 Å². The lowest BCUT2D eigenvalue weighted by molar-refractivity contribution is -0.152. The normalized spacial score (nSPS) is 25.7. The molecule has 172 valence electrons. The zero-order valence-corrected chi connectivity index (χ0v) is 23.0. The predicted molar refractivity (Wildman–Crippen MR) is 132 cm³/mol. The maximum absolute atomic E-state index is 9.39. The zero-order chi connectivity index (χ0) is 22.6. The summed E-state index contributed by atoms with van der Waals surface area (Å²) in [6, 6.07) is 3.47. The van der Waals surface area contributed by atoms with E-state index < -0.39 is 16.6 Å². The Kier molecular flexibility index (Phi) is 9.45. The summed E-state index contributed by atoms with van der Waals surface area (Å²) < 4.78 is 14.1. The van der Waals surface area contributed by atoms with Gasteiger partial charge in [0.25, 0.3) is 0 Å². The van der Waals surface area contributed by atoms with Crippen LogP contribution in [-0.2, 0) is 8.85 Å². The van der Waals surface area contributed by atoms with Gasteiger partial charge in [0.2, 0.25) is 0 Å². The molecular formula is C24H50O3Si2. The number of hydrogen-bond donors (Lipinski definition) is 1. The van der Waals surface area contributed by atoms with Gasteiger partial charge in [-0.05, 0) is 74.4 Å². The van der Waals surface area contributed by atoms with Gasteiger partial charge in [0, 0.05) is 18.6 Å². The van der Waals surface area contributed by atoms with Crippen LogP contribution in [-0.4, -0.2) is 40.6 Å². The third-order valence-electron chi connectivity index (χ3n) is 8.40. The van der Waals surface area contributed by atoms with Gasteiger partial charge in [-0.2, -0.15) is 0 Å². The second kappa shape index (κ2) is 10.1. The Hall–Kier alpha value is 0.0538. The third-order valence-corrected chi connectivity index (χ3v) is 17.5. The second-order valence-electron chi connectivity index (χ2n) is 11.0. The standard InChI is InChI=1S/C24H50O3Si2/c1-11-29(12-2,13-3)27-24(21(4)5)18-17-23(24,16-14-15-19-25)20-26-28(9,10)22(6,7)8/h25H,4,11-20H2,1-3,5-10H3/t23-,24-/m0/s1. The third kappa shape index (κ3) is 5.46. The van der Waals surface area contributed by atoms with Gasteiger partial charge in [0.15, 0.2) is 16.6 Å². The smallest absolute Gasteiger partial charge is 0.193 e. The van der Waals surface area contributed by atoms with Crippen molar-refractivity contribution in [1.82, 2.24) is 0 Å². The summed E-state index contributed by atoms with van der Waals surface area (Å²) >= 11 is 0. The van der Waals surface area contributed by atoms with Crippen molar-refractivity contribution in [2.24, 2.45) is 5.41 Å². The van der Waals surface area contributed by atoms with E-state index in [-0.39, 0.29) is 22.7 Å². The van der Waals surface area contributed by atoms with Gasteiger partial charge in [-0.25, -0.2) is 0 Å². The van der Waals surface area contributed by atoms with E-state index in [2.05, 4.69) is 68.1 Å². The molecule has 1 saturated carbocycles. The van der Waals surface area contributed by atoms with Crippen molar-refractivity contribution in [3.05, 3.63) is 12.2 Å². The molecule has 0 saturated heterocycles. The van der Waals surface area contributed by atoms with Crippen LogP contribution in [0.4, 0.5) is 0 Å². The Morgan fingerprint density at radius 1 is 1.03 bits per heavy atom. The quantitative estimate of drug-likeness (QED) is 0.185. The van der Waals surface area contributed by atoms with Crippen LogP contribution in [0.25, 0.3) is 0 Å². The van der Waals surface area contributed by atoms with Crippen LogP contribution < -0.4 is 0 Å². The molecule has 5 heteroatoms. The van der Waals surface area contributed by atoms with E-state index >= 15 is 0 Å². The molecule has 2 atom stereocenters. The molecule has 1 aliphatic rings. The van der Waals surface area contributed by atoms with Crippen molar-refractivity contribution in [1.29, 1.82) is 0 Å². The zero-order valence-electron chi connectivity index (χ0n) is 21.0. The summed E-state index contributed by atoms with van der Waals surface area (Å²) in [5, 5.41) is 9.59. The molecule has 0 amide bonds. The highest BCUT2D eigenvalue weighted by atomic mass is 28.4. The lowest BCUT2D eigenvalue weighted by atomic mass is 9.52. The van der Waals surface area contributed by atoms with Crippen LogP contribution >= 0.6 is 0 Å². The minimum atomic E-state index is -1.85. The van der Waals surface area contributed by atoms with Crippen LogP contribution in [0.1, 0.15) is 80.6 Å². The number of aliphatic hydroxyl groups is 1. The van der Waals surface area contributed by atoms with Crippen molar-refractivity contribution in [2.45, 2.75) is 122 Å². The SMILES string of the molecule is C=C(C)[C@@]1(O[Si](CC)(CC)CC)CC[C@@]1(CCCCO)CO[Si](C)(C)C(C)(C)C. The first-order valence-electron chi connectivity index (χ1n) is 11.9. The molecule has 0 bridgehead atoms. The van der Waals surface area contributed by atoms with E-state index in [9.17, 15) is 5.11 Å². The van der Waals surface area contributed by atoms with E-state index in [1.807, 2.05) is 0 Å². The Morgan fingerprint density at radius 3 is 1.93 bits per heavy atom. The molecule has 1 aliphatic carbocycles. The topological polar surface area (TPSA) is 38.7 Å². The van der Waals surface area contributed by atoms with Gasteiger partial charge >= 0.3 is 0 Å². The molecule has 0 aromatic heterocycles. The molecule has 0 heterocycles. The molecule has 3 nitrogen and oxygen atoms in total. The summed E-state index contributed by atoms with van der Waals surface area (Å²) in [6.07, 6.45) is 5.13. The first-order valence-corrected chi connectivity index (χ1v) is 17.4. The van der Waals surface area contributed by atoms with Gasteiger partial charge < -0.3 is 14.0 Å². The molecule has 1 N–H and O–H groups in total. The fourth-order valence-corrected chi connectivity index (χ4v) is 8.89. The Bertz CT molecular complexity index is 528. The van der Waals surface area contributed by atoms with Crippen LogP contribution in [0.5, 0.6) is 0 Å². The van der Waals surface area contributed by atoms with Crippen molar-refractivity contribution in [2.75, 3.05) is 13.2 Å². The summed E-state index contributed by atoms with van der Waals surface area (Å²) in [7, 11) is -3.64. The van der Waals surface area contributed by atoms with Crippen molar-refractivity contribution in [3.8, 4) is 0 Å². The first-order chi connectivity index (χ1) is 13.3. The van der Waals surface area contributed by atoms with E-state index in [0.717, 1.165) is 56.8 Å². The lowest BCUT2D eigenvalue weighted by Gasteiger charge is -2.63. The largest absolute Gasteiger partial charge is 0.416 e. The lowest BCUT2D eigenvalue weighted by Crippen LogP contribution is -2.66. The van der Waals surface area contributed by atoms with Gasteiger partial charge in [-0.1, -0.05) is 54.5 Å². The minimum absolute atomic E-state index is 0.00127. The molecule has 0 aromatic carbocycles. The number of unbranched alkanes of at least 4 members (excludes halogenated alkanes) is 1. The fraction of sp³-hybridized carbons (Fsp3) is 0.917. The fourth-order valence-electron chi connectivity index (χ4n) is 4.65. The number of hydrogen-bond acceptors (Lipinski definition) is 3. The van der Waals surface area contributed by atoms with E-state index in [4.69, 9.17) is 8.85 Å². The van der Waals surface area contributed by atoms with Crippen LogP contribution in [0.3, 0.4) is 0 Å². The van der Waals surface area contributed by atoms with E-state index in [0.29, 0.717) is 0 Å². The minimum Gasteiger partial charge on any atom is -0.416 e. The molecule has 1 fully saturated rings. The first kappa shape index (κ1) is 27.1. The Labute approximate surface area is 183 Å². The number of rotatable bonds is 13. The van der Waals surface area contributed by atoms with E-state index in [1.54, 1.807) is 0 Å². The van der Waals surface area contributed by atoms with Crippen molar-refractivity contribution < 1.29 is 14.0 Å². The summed E-state index contributed by atoms with van der Waals surface area (Å²) in [4.78, 5) is 0. The predicted octanol–water partition coefficient (Wildman–Crippen LogP) is 7.29. The molecule has 0 aromatic rings.